The SMILES string of the molecule is CCOc1nc(Nc2ccc(O)cc2)nc(NC(C)c2nc3ccccc3[nH]2)n1. The fourth-order valence-corrected chi connectivity index (χ4v) is 2.78. The van der Waals surface area contributed by atoms with Gasteiger partial charge in [-0.15, -0.1) is 0 Å². The van der Waals surface area contributed by atoms with Crippen molar-refractivity contribution in [3.05, 3.63) is 54.4 Å². The van der Waals surface area contributed by atoms with E-state index in [4.69, 9.17) is 4.74 Å². The van der Waals surface area contributed by atoms with Gasteiger partial charge in [0.1, 0.15) is 11.6 Å². The van der Waals surface area contributed by atoms with Crippen LogP contribution in [0.5, 0.6) is 11.8 Å². The van der Waals surface area contributed by atoms with Gasteiger partial charge >= 0.3 is 6.01 Å². The monoisotopic (exact) mass is 391 g/mol. The standard InChI is InChI=1S/C20H21N7O2/c1-3-29-20-26-18(25-19(27-20)22-13-8-10-14(28)11-9-13)21-12(2)17-23-15-6-4-5-7-16(15)24-17/h4-12,28H,3H2,1-2H3,(H,23,24)(H2,21,22,25,26,27). The van der Waals surface area contributed by atoms with Crippen LogP contribution in [-0.4, -0.2) is 36.6 Å². The molecule has 29 heavy (non-hydrogen) atoms. The summed E-state index contributed by atoms with van der Waals surface area (Å²) >= 11 is 0. The lowest BCUT2D eigenvalue weighted by Crippen LogP contribution is -2.13. The third-order valence-electron chi connectivity index (χ3n) is 4.18. The summed E-state index contributed by atoms with van der Waals surface area (Å²) in [4.78, 5) is 20.9. The normalized spacial score (nSPS) is 11.9. The number of aromatic hydroxyl groups is 1. The van der Waals surface area contributed by atoms with Gasteiger partial charge in [0, 0.05) is 5.69 Å². The highest BCUT2D eigenvalue weighted by Crippen LogP contribution is 2.22. The molecule has 1 unspecified atom stereocenters. The van der Waals surface area contributed by atoms with Crippen molar-refractivity contribution in [1.29, 1.82) is 0 Å². The van der Waals surface area contributed by atoms with Crippen LogP contribution in [-0.2, 0) is 0 Å². The minimum atomic E-state index is -0.166. The number of anilines is 3. The molecule has 9 nitrogen and oxygen atoms in total. The molecule has 1 atom stereocenters. The lowest BCUT2D eigenvalue weighted by molar-refractivity contribution is 0.312. The van der Waals surface area contributed by atoms with Crippen LogP contribution in [0.15, 0.2) is 48.5 Å². The average molecular weight is 391 g/mol. The molecule has 148 valence electrons. The number of H-pyrrole nitrogens is 1. The van der Waals surface area contributed by atoms with E-state index in [2.05, 4.69) is 35.6 Å². The van der Waals surface area contributed by atoms with Crippen LogP contribution in [0.2, 0.25) is 0 Å². The van der Waals surface area contributed by atoms with Gasteiger partial charge in [-0.2, -0.15) is 15.0 Å². The molecular formula is C20H21N7O2. The molecule has 9 heteroatoms. The van der Waals surface area contributed by atoms with Crippen molar-refractivity contribution < 1.29 is 9.84 Å². The smallest absolute Gasteiger partial charge is 0.323 e. The Morgan fingerprint density at radius 1 is 1.00 bits per heavy atom. The third-order valence-corrected chi connectivity index (χ3v) is 4.18. The van der Waals surface area contributed by atoms with Crippen molar-refractivity contribution in [2.45, 2.75) is 19.9 Å². The number of para-hydroxylation sites is 2. The Morgan fingerprint density at radius 3 is 2.52 bits per heavy atom. The largest absolute Gasteiger partial charge is 0.508 e. The molecule has 0 aliphatic carbocycles. The number of nitrogens with one attached hydrogen (secondary N) is 3. The van der Waals surface area contributed by atoms with Gasteiger partial charge in [-0.25, -0.2) is 4.98 Å². The Hall–Kier alpha value is -3.88. The molecule has 0 spiro atoms. The van der Waals surface area contributed by atoms with Gasteiger partial charge in [0.2, 0.25) is 11.9 Å². The lowest BCUT2D eigenvalue weighted by Gasteiger charge is -2.13. The quantitative estimate of drug-likeness (QED) is 0.351. The van der Waals surface area contributed by atoms with Crippen LogP contribution in [0.1, 0.15) is 25.7 Å². The van der Waals surface area contributed by atoms with Crippen molar-refractivity contribution in [3.63, 3.8) is 0 Å². The van der Waals surface area contributed by atoms with Gasteiger partial charge in [0.25, 0.3) is 0 Å². The number of phenolic OH excluding ortho intramolecular Hbond substituents is 1. The first-order chi connectivity index (χ1) is 14.1. The highest BCUT2D eigenvalue weighted by Gasteiger charge is 2.14. The van der Waals surface area contributed by atoms with Crippen LogP contribution in [0.25, 0.3) is 11.0 Å². The molecule has 0 aliphatic heterocycles. The fraction of sp³-hybridized carbons (Fsp3) is 0.200. The van der Waals surface area contributed by atoms with Gasteiger partial charge in [-0.05, 0) is 50.2 Å². The molecule has 2 heterocycles. The number of phenols is 1. The number of benzene rings is 2. The van der Waals surface area contributed by atoms with Gasteiger partial charge in [-0.3, -0.25) is 0 Å². The topological polar surface area (TPSA) is 121 Å². The summed E-state index contributed by atoms with van der Waals surface area (Å²) in [6.07, 6.45) is 0. The first-order valence-corrected chi connectivity index (χ1v) is 9.27. The van der Waals surface area contributed by atoms with Crippen molar-refractivity contribution in [2.24, 2.45) is 0 Å². The van der Waals surface area contributed by atoms with Crippen LogP contribution in [0.3, 0.4) is 0 Å². The molecule has 0 radical (unpaired) electrons. The zero-order chi connectivity index (χ0) is 20.2. The minimum absolute atomic E-state index is 0.166. The van der Waals surface area contributed by atoms with Gasteiger partial charge in [-0.1, -0.05) is 12.1 Å². The highest BCUT2D eigenvalue weighted by molar-refractivity contribution is 5.74. The second-order valence-corrected chi connectivity index (χ2v) is 6.38. The molecule has 0 amide bonds. The number of imidazole rings is 1. The summed E-state index contributed by atoms with van der Waals surface area (Å²) in [5.41, 5.74) is 2.60. The Labute approximate surface area is 167 Å². The summed E-state index contributed by atoms with van der Waals surface area (Å²) < 4.78 is 5.47. The summed E-state index contributed by atoms with van der Waals surface area (Å²) in [5.74, 6) is 1.65. The summed E-state index contributed by atoms with van der Waals surface area (Å²) in [7, 11) is 0. The summed E-state index contributed by atoms with van der Waals surface area (Å²) in [6.45, 7) is 4.26. The minimum Gasteiger partial charge on any atom is -0.508 e. The lowest BCUT2D eigenvalue weighted by atomic mass is 10.3. The molecule has 0 saturated carbocycles. The summed E-state index contributed by atoms with van der Waals surface area (Å²) in [5, 5.41) is 15.8. The maximum atomic E-state index is 9.43. The van der Waals surface area contributed by atoms with E-state index in [0.717, 1.165) is 22.5 Å². The van der Waals surface area contributed by atoms with Gasteiger partial charge < -0.3 is 25.5 Å². The molecule has 0 bridgehead atoms. The van der Waals surface area contributed by atoms with Gasteiger partial charge in [0.15, 0.2) is 0 Å². The number of fused-ring (bicyclic) bond motifs is 1. The van der Waals surface area contributed by atoms with Crippen molar-refractivity contribution in [2.75, 3.05) is 17.2 Å². The Kier molecular flexibility index (Phi) is 5.10. The van der Waals surface area contributed by atoms with Crippen molar-refractivity contribution >= 4 is 28.6 Å². The maximum Gasteiger partial charge on any atom is 0.323 e. The molecule has 2 aromatic carbocycles. The van der Waals surface area contributed by atoms with Crippen LogP contribution < -0.4 is 15.4 Å². The van der Waals surface area contributed by atoms with Gasteiger partial charge in [0.05, 0.1) is 23.7 Å². The molecule has 4 aromatic rings. The molecule has 2 aromatic heterocycles. The van der Waals surface area contributed by atoms with E-state index >= 15 is 0 Å². The van der Waals surface area contributed by atoms with E-state index in [0.29, 0.717) is 18.5 Å². The third kappa shape index (κ3) is 4.34. The van der Waals surface area contributed by atoms with Crippen LogP contribution in [0, 0.1) is 0 Å². The van der Waals surface area contributed by atoms with Crippen molar-refractivity contribution in [3.8, 4) is 11.8 Å². The Bertz CT molecular complexity index is 1080. The Balaban J connectivity index is 1.57. The number of aromatic nitrogens is 5. The average Bonchev–Trinajstić information content (AvgIpc) is 3.14. The number of hydrogen-bond acceptors (Lipinski definition) is 8. The Morgan fingerprint density at radius 2 is 1.76 bits per heavy atom. The second-order valence-electron chi connectivity index (χ2n) is 6.38. The highest BCUT2D eigenvalue weighted by atomic mass is 16.5. The van der Waals surface area contributed by atoms with E-state index in [9.17, 15) is 5.11 Å². The molecule has 0 fully saturated rings. The zero-order valence-corrected chi connectivity index (χ0v) is 16.0. The predicted molar refractivity (Wildman–Crippen MR) is 111 cm³/mol. The number of aromatic amines is 1. The number of rotatable bonds is 7. The maximum absolute atomic E-state index is 9.43. The van der Waals surface area contributed by atoms with E-state index in [1.165, 1.54) is 0 Å². The molecular weight excluding hydrogens is 370 g/mol. The van der Waals surface area contributed by atoms with E-state index in [1.54, 1.807) is 24.3 Å². The van der Waals surface area contributed by atoms with E-state index < -0.39 is 0 Å². The van der Waals surface area contributed by atoms with E-state index in [-0.39, 0.29) is 17.8 Å². The first-order valence-electron chi connectivity index (χ1n) is 9.27. The van der Waals surface area contributed by atoms with Crippen molar-refractivity contribution in [1.82, 2.24) is 24.9 Å². The summed E-state index contributed by atoms with van der Waals surface area (Å²) in [6, 6.07) is 14.5. The zero-order valence-electron chi connectivity index (χ0n) is 16.0. The number of ether oxygens (including phenoxy) is 1. The first kappa shape index (κ1) is 18.5. The molecule has 4 N–H and O–H groups in total. The van der Waals surface area contributed by atoms with E-state index in [1.807, 2.05) is 38.1 Å². The van der Waals surface area contributed by atoms with Crippen LogP contribution >= 0.6 is 0 Å². The number of hydrogen-bond donors (Lipinski definition) is 4. The molecule has 4 rings (SSSR count). The predicted octanol–water partition coefficient (Wildman–Crippen LogP) is 3.77. The fourth-order valence-electron chi connectivity index (χ4n) is 2.78. The molecule has 0 aliphatic rings. The second kappa shape index (κ2) is 8.01. The molecule has 0 saturated heterocycles. The van der Waals surface area contributed by atoms with Crippen LogP contribution in [0.4, 0.5) is 17.6 Å². The number of nitrogens with zero attached hydrogens (tertiary/aromatic N) is 4.